The molecule has 1 N–H and O–H groups in total. The minimum atomic E-state index is 0.565. The lowest BCUT2D eigenvalue weighted by Crippen LogP contribution is -2.24. The second kappa shape index (κ2) is 7.31. The highest BCUT2D eigenvalue weighted by atomic mass is 32.1. The van der Waals surface area contributed by atoms with Crippen LogP contribution in [-0.2, 0) is 13.2 Å². The highest BCUT2D eigenvalue weighted by molar-refractivity contribution is 7.09. The van der Waals surface area contributed by atoms with E-state index < -0.39 is 0 Å². The lowest BCUT2D eigenvalue weighted by atomic mass is 10.2. The number of thiophene rings is 1. The molecule has 0 aliphatic carbocycles. The van der Waals surface area contributed by atoms with Crippen LogP contribution in [0.3, 0.4) is 0 Å². The summed E-state index contributed by atoms with van der Waals surface area (Å²) >= 11 is 1.72. The summed E-state index contributed by atoms with van der Waals surface area (Å²) in [5.74, 6) is 0.931. The first kappa shape index (κ1) is 14.1. The van der Waals surface area contributed by atoms with E-state index in [1.165, 1.54) is 10.4 Å². The number of rotatable bonds is 7. The fourth-order valence-corrected chi connectivity index (χ4v) is 2.31. The molecule has 2 rings (SSSR count). The largest absolute Gasteiger partial charge is 0.488 e. The third kappa shape index (κ3) is 4.69. The third-order valence-corrected chi connectivity index (χ3v) is 4.00. The summed E-state index contributed by atoms with van der Waals surface area (Å²) in [7, 11) is 0. The Morgan fingerprint density at radius 3 is 2.63 bits per heavy atom. The highest BCUT2D eigenvalue weighted by Gasteiger charge is 2.00. The van der Waals surface area contributed by atoms with Crippen molar-refractivity contribution in [3.05, 3.63) is 52.2 Å². The molecule has 2 aromatic rings. The molecule has 0 spiro atoms. The summed E-state index contributed by atoms with van der Waals surface area (Å²) in [5, 5.41) is 5.56. The minimum absolute atomic E-state index is 0.565. The lowest BCUT2D eigenvalue weighted by molar-refractivity contribution is 0.309. The van der Waals surface area contributed by atoms with Crippen LogP contribution >= 0.6 is 11.3 Å². The molecule has 1 atom stereocenters. The molecular formula is C16H21NOS. The summed E-state index contributed by atoms with van der Waals surface area (Å²) < 4.78 is 5.74. The first-order valence-corrected chi connectivity index (χ1v) is 7.63. The van der Waals surface area contributed by atoms with Gasteiger partial charge in [0.25, 0.3) is 0 Å². The maximum atomic E-state index is 5.74. The first-order chi connectivity index (χ1) is 9.28. The van der Waals surface area contributed by atoms with Crippen LogP contribution in [0, 0.1) is 0 Å². The number of hydrogen-bond donors (Lipinski definition) is 1. The predicted molar refractivity (Wildman–Crippen MR) is 81.7 cm³/mol. The summed E-state index contributed by atoms with van der Waals surface area (Å²) in [5.41, 5.74) is 1.30. The Kier molecular flexibility index (Phi) is 5.43. The lowest BCUT2D eigenvalue weighted by Gasteiger charge is -2.11. The van der Waals surface area contributed by atoms with Crippen molar-refractivity contribution in [2.75, 3.05) is 0 Å². The van der Waals surface area contributed by atoms with Gasteiger partial charge in [-0.25, -0.2) is 0 Å². The van der Waals surface area contributed by atoms with Gasteiger partial charge in [-0.1, -0.05) is 25.1 Å². The Morgan fingerprint density at radius 1 is 1.21 bits per heavy atom. The van der Waals surface area contributed by atoms with Gasteiger partial charge >= 0.3 is 0 Å². The van der Waals surface area contributed by atoms with Crippen molar-refractivity contribution in [3.8, 4) is 5.75 Å². The van der Waals surface area contributed by atoms with Crippen molar-refractivity contribution in [2.24, 2.45) is 0 Å². The third-order valence-electron chi connectivity index (χ3n) is 3.15. The topological polar surface area (TPSA) is 21.3 Å². The second-order valence-electron chi connectivity index (χ2n) is 4.70. The van der Waals surface area contributed by atoms with Crippen molar-refractivity contribution < 1.29 is 4.74 Å². The number of nitrogens with one attached hydrogen (secondary N) is 1. The summed E-state index contributed by atoms with van der Waals surface area (Å²) in [6.07, 6.45) is 1.15. The van der Waals surface area contributed by atoms with Crippen LogP contribution in [0.4, 0.5) is 0 Å². The summed E-state index contributed by atoms with van der Waals surface area (Å²) in [6, 6.07) is 13.0. The van der Waals surface area contributed by atoms with E-state index in [4.69, 9.17) is 4.74 Å². The molecule has 0 aliphatic rings. The van der Waals surface area contributed by atoms with Gasteiger partial charge in [0.15, 0.2) is 0 Å². The molecule has 1 aromatic heterocycles. The zero-order chi connectivity index (χ0) is 13.5. The molecule has 2 nitrogen and oxygen atoms in total. The van der Waals surface area contributed by atoms with E-state index >= 15 is 0 Å². The van der Waals surface area contributed by atoms with Crippen LogP contribution in [0.2, 0.25) is 0 Å². The fraction of sp³-hybridized carbons (Fsp3) is 0.375. The molecule has 0 radical (unpaired) electrons. The number of ether oxygens (including phenoxy) is 1. The van der Waals surface area contributed by atoms with Gasteiger partial charge in [0.1, 0.15) is 12.4 Å². The van der Waals surface area contributed by atoms with Gasteiger partial charge in [-0.05, 0) is 42.5 Å². The van der Waals surface area contributed by atoms with Crippen molar-refractivity contribution in [3.63, 3.8) is 0 Å². The van der Waals surface area contributed by atoms with E-state index in [1.807, 2.05) is 18.2 Å². The molecule has 1 aromatic carbocycles. The average Bonchev–Trinajstić information content (AvgIpc) is 2.97. The van der Waals surface area contributed by atoms with Crippen LogP contribution in [-0.4, -0.2) is 6.04 Å². The van der Waals surface area contributed by atoms with Gasteiger partial charge in [-0.2, -0.15) is 0 Å². The second-order valence-corrected chi connectivity index (χ2v) is 5.73. The zero-order valence-electron chi connectivity index (χ0n) is 11.6. The van der Waals surface area contributed by atoms with E-state index in [0.717, 1.165) is 18.7 Å². The van der Waals surface area contributed by atoms with Crippen LogP contribution in [0.15, 0.2) is 41.8 Å². The maximum Gasteiger partial charge on any atom is 0.122 e. The van der Waals surface area contributed by atoms with Gasteiger partial charge in [0.05, 0.1) is 0 Å². The van der Waals surface area contributed by atoms with Crippen LogP contribution in [0.5, 0.6) is 5.75 Å². The predicted octanol–water partition coefficient (Wildman–Crippen LogP) is 4.22. The van der Waals surface area contributed by atoms with Crippen LogP contribution < -0.4 is 10.1 Å². The Balaban J connectivity index is 1.81. The minimum Gasteiger partial charge on any atom is -0.488 e. The van der Waals surface area contributed by atoms with Crippen LogP contribution in [0.25, 0.3) is 0 Å². The average molecular weight is 275 g/mol. The zero-order valence-corrected chi connectivity index (χ0v) is 12.4. The normalized spacial score (nSPS) is 12.3. The Morgan fingerprint density at radius 2 is 2.00 bits per heavy atom. The molecule has 1 heterocycles. The molecule has 0 aliphatic heterocycles. The number of hydrogen-bond acceptors (Lipinski definition) is 3. The Bertz CT molecular complexity index is 464. The maximum absolute atomic E-state index is 5.74. The molecule has 0 bridgehead atoms. The molecule has 3 heteroatoms. The van der Waals surface area contributed by atoms with Gasteiger partial charge in [-0.15, -0.1) is 11.3 Å². The Hall–Kier alpha value is -1.32. The standard InChI is InChI=1S/C16H21NOS/c1-3-13(2)17-11-14-6-8-15(9-7-14)18-12-16-5-4-10-19-16/h4-10,13,17H,3,11-12H2,1-2H3/t13-/m0/s1. The van der Waals surface area contributed by atoms with Crippen molar-refractivity contribution >= 4 is 11.3 Å². The van der Waals surface area contributed by atoms with E-state index in [2.05, 4.69) is 42.7 Å². The van der Waals surface area contributed by atoms with Crippen molar-refractivity contribution in [2.45, 2.75) is 39.5 Å². The van der Waals surface area contributed by atoms with Gasteiger partial charge in [-0.3, -0.25) is 0 Å². The van der Waals surface area contributed by atoms with Gasteiger partial charge < -0.3 is 10.1 Å². The molecule has 0 saturated carbocycles. The van der Waals surface area contributed by atoms with E-state index in [-0.39, 0.29) is 0 Å². The molecule has 0 amide bonds. The van der Waals surface area contributed by atoms with Gasteiger partial charge in [0.2, 0.25) is 0 Å². The van der Waals surface area contributed by atoms with E-state index in [9.17, 15) is 0 Å². The Labute approximate surface area is 119 Å². The molecular weight excluding hydrogens is 254 g/mol. The molecule has 0 unspecified atom stereocenters. The quantitative estimate of drug-likeness (QED) is 0.817. The highest BCUT2D eigenvalue weighted by Crippen LogP contribution is 2.16. The van der Waals surface area contributed by atoms with Crippen LogP contribution in [0.1, 0.15) is 30.7 Å². The SMILES string of the molecule is CC[C@H](C)NCc1ccc(OCc2cccs2)cc1. The van der Waals surface area contributed by atoms with Gasteiger partial charge in [0, 0.05) is 17.5 Å². The smallest absolute Gasteiger partial charge is 0.122 e. The monoisotopic (exact) mass is 275 g/mol. The van der Waals surface area contributed by atoms with E-state index in [0.29, 0.717) is 12.6 Å². The van der Waals surface area contributed by atoms with Crippen molar-refractivity contribution in [1.82, 2.24) is 5.32 Å². The molecule has 102 valence electrons. The van der Waals surface area contributed by atoms with E-state index in [1.54, 1.807) is 11.3 Å². The molecule has 19 heavy (non-hydrogen) atoms. The molecule has 0 saturated heterocycles. The van der Waals surface area contributed by atoms with Crippen molar-refractivity contribution in [1.29, 1.82) is 0 Å². The molecule has 0 fully saturated rings. The summed E-state index contributed by atoms with van der Waals surface area (Å²) in [4.78, 5) is 1.25. The fourth-order valence-electron chi connectivity index (χ4n) is 1.69. The summed E-state index contributed by atoms with van der Waals surface area (Å²) in [6.45, 7) is 5.97. The first-order valence-electron chi connectivity index (χ1n) is 6.75. The number of benzene rings is 1.